The summed E-state index contributed by atoms with van der Waals surface area (Å²) in [6.07, 6.45) is 0. The van der Waals surface area contributed by atoms with Crippen molar-refractivity contribution in [2.45, 2.75) is 19.9 Å². The van der Waals surface area contributed by atoms with Crippen LogP contribution in [0.5, 0.6) is 0 Å². The van der Waals surface area contributed by atoms with Crippen molar-refractivity contribution >= 4 is 22.8 Å². The normalized spacial score (nSPS) is 13.4. The van der Waals surface area contributed by atoms with Crippen LogP contribution in [-0.2, 0) is 0 Å². The molecule has 0 amide bonds. The molecule has 0 aliphatic heterocycles. The number of nitrogen functional groups attached to an aromatic ring is 1. The number of rotatable bonds is 5. The summed E-state index contributed by atoms with van der Waals surface area (Å²) in [4.78, 5) is 6.58. The molecule has 2 rings (SSSR count). The van der Waals surface area contributed by atoms with Gasteiger partial charge in [0.05, 0.1) is 0 Å². The Morgan fingerprint density at radius 2 is 2.11 bits per heavy atom. The Morgan fingerprint density at radius 3 is 2.74 bits per heavy atom. The average molecular weight is 262 g/mol. The van der Waals surface area contributed by atoms with Crippen molar-refractivity contribution in [1.82, 2.24) is 9.88 Å². The van der Waals surface area contributed by atoms with E-state index in [0.717, 1.165) is 17.6 Å². The highest BCUT2D eigenvalue weighted by molar-refractivity contribution is 5.78. The summed E-state index contributed by atoms with van der Waals surface area (Å²) in [6.45, 7) is 5.29. The first-order valence-corrected chi connectivity index (χ1v) is 6.53. The zero-order valence-electron chi connectivity index (χ0n) is 12.0. The van der Waals surface area contributed by atoms with Gasteiger partial charge >= 0.3 is 0 Å². The zero-order valence-corrected chi connectivity index (χ0v) is 12.0. The number of likely N-dealkylation sites (N-methyl/N-ethyl adjacent to an activating group) is 1. The number of fused-ring (bicyclic) bond motifs is 1. The Morgan fingerprint density at radius 1 is 1.37 bits per heavy atom. The molecule has 19 heavy (non-hydrogen) atoms. The Labute approximate surface area is 113 Å². The van der Waals surface area contributed by atoms with Crippen molar-refractivity contribution in [3.63, 3.8) is 0 Å². The van der Waals surface area contributed by atoms with E-state index in [-0.39, 0.29) is 0 Å². The van der Waals surface area contributed by atoms with Crippen LogP contribution in [-0.4, -0.2) is 36.6 Å². The van der Waals surface area contributed by atoms with E-state index in [1.807, 2.05) is 12.1 Å². The van der Waals surface area contributed by atoms with Gasteiger partial charge < -0.3 is 20.4 Å². The van der Waals surface area contributed by atoms with Crippen molar-refractivity contribution in [1.29, 1.82) is 0 Å². The first kappa shape index (κ1) is 13.7. The highest BCUT2D eigenvalue weighted by Gasteiger charge is 2.17. The molecule has 5 nitrogen and oxygen atoms in total. The van der Waals surface area contributed by atoms with Crippen molar-refractivity contribution in [2.75, 3.05) is 31.7 Å². The molecule has 5 heteroatoms. The molecule has 1 aromatic heterocycles. The van der Waals surface area contributed by atoms with E-state index in [0.29, 0.717) is 23.7 Å². The molecule has 1 heterocycles. The standard InChI is InChI=1S/C14H22N4O/c1-9(2)12(8-18(3)4)17-14-16-11-6-5-10(15)7-13(11)19-14/h5-7,9,12H,8,15H2,1-4H3,(H,16,17). The summed E-state index contributed by atoms with van der Waals surface area (Å²) >= 11 is 0. The second kappa shape index (κ2) is 5.48. The fourth-order valence-electron chi connectivity index (χ4n) is 1.98. The van der Waals surface area contributed by atoms with Crippen LogP contribution in [0.2, 0.25) is 0 Å². The molecule has 0 saturated carbocycles. The summed E-state index contributed by atoms with van der Waals surface area (Å²) in [5, 5.41) is 3.36. The van der Waals surface area contributed by atoms with Gasteiger partial charge in [0.25, 0.3) is 6.01 Å². The Hall–Kier alpha value is -1.75. The third-order valence-corrected chi connectivity index (χ3v) is 3.09. The van der Waals surface area contributed by atoms with Crippen molar-refractivity contribution in [2.24, 2.45) is 5.92 Å². The molecule has 1 unspecified atom stereocenters. The van der Waals surface area contributed by atoms with E-state index in [9.17, 15) is 0 Å². The summed E-state index contributed by atoms with van der Waals surface area (Å²) in [5.41, 5.74) is 7.96. The Bertz CT molecular complexity index is 547. The molecule has 2 aromatic rings. The lowest BCUT2D eigenvalue weighted by molar-refractivity contribution is 0.340. The number of nitrogens with two attached hydrogens (primary N) is 1. The second-order valence-corrected chi connectivity index (χ2v) is 5.50. The van der Waals surface area contributed by atoms with Gasteiger partial charge in [-0.05, 0) is 32.1 Å². The number of hydrogen-bond donors (Lipinski definition) is 2. The molecule has 1 aromatic carbocycles. The molecule has 0 spiro atoms. The first-order chi connectivity index (χ1) is 8.95. The van der Waals surface area contributed by atoms with E-state index >= 15 is 0 Å². The largest absolute Gasteiger partial charge is 0.423 e. The number of anilines is 2. The quantitative estimate of drug-likeness (QED) is 0.810. The molecule has 0 aliphatic rings. The lowest BCUT2D eigenvalue weighted by Crippen LogP contribution is -2.36. The topological polar surface area (TPSA) is 67.3 Å². The van der Waals surface area contributed by atoms with Gasteiger partial charge in [0.2, 0.25) is 0 Å². The van der Waals surface area contributed by atoms with Crippen LogP contribution in [0.25, 0.3) is 11.1 Å². The fraction of sp³-hybridized carbons (Fsp3) is 0.500. The number of benzene rings is 1. The van der Waals surface area contributed by atoms with Gasteiger partial charge in [0.1, 0.15) is 5.52 Å². The Kier molecular flexibility index (Phi) is 3.95. The van der Waals surface area contributed by atoms with Crippen LogP contribution < -0.4 is 11.1 Å². The van der Waals surface area contributed by atoms with Crippen molar-refractivity contribution in [3.05, 3.63) is 18.2 Å². The van der Waals surface area contributed by atoms with E-state index < -0.39 is 0 Å². The number of nitrogens with one attached hydrogen (secondary N) is 1. The Balaban J connectivity index is 2.19. The van der Waals surface area contributed by atoms with Crippen molar-refractivity contribution in [3.8, 4) is 0 Å². The molecular formula is C14H22N4O. The maximum absolute atomic E-state index is 5.73. The third-order valence-electron chi connectivity index (χ3n) is 3.09. The summed E-state index contributed by atoms with van der Waals surface area (Å²) in [7, 11) is 4.12. The SMILES string of the molecule is CC(C)C(CN(C)C)Nc1nc2ccc(N)cc2o1. The molecular weight excluding hydrogens is 240 g/mol. The van der Waals surface area contributed by atoms with Crippen LogP contribution in [0.15, 0.2) is 22.6 Å². The van der Waals surface area contributed by atoms with Crippen LogP contribution >= 0.6 is 0 Å². The minimum absolute atomic E-state index is 0.292. The molecule has 0 fully saturated rings. The maximum atomic E-state index is 5.73. The van der Waals surface area contributed by atoms with Gasteiger partial charge in [0.15, 0.2) is 5.58 Å². The molecule has 0 bridgehead atoms. The van der Waals surface area contributed by atoms with Gasteiger partial charge in [-0.15, -0.1) is 0 Å². The number of nitrogens with zero attached hydrogens (tertiary/aromatic N) is 2. The van der Waals surface area contributed by atoms with Gasteiger partial charge in [-0.1, -0.05) is 13.8 Å². The third kappa shape index (κ3) is 3.38. The first-order valence-electron chi connectivity index (χ1n) is 6.53. The van der Waals surface area contributed by atoms with E-state index in [4.69, 9.17) is 10.2 Å². The molecule has 0 radical (unpaired) electrons. The zero-order chi connectivity index (χ0) is 14.0. The van der Waals surface area contributed by atoms with Crippen LogP contribution in [0, 0.1) is 5.92 Å². The van der Waals surface area contributed by atoms with Crippen LogP contribution in [0.3, 0.4) is 0 Å². The second-order valence-electron chi connectivity index (χ2n) is 5.50. The molecule has 104 valence electrons. The van der Waals surface area contributed by atoms with E-state index in [1.54, 1.807) is 6.07 Å². The van der Waals surface area contributed by atoms with Crippen LogP contribution in [0.1, 0.15) is 13.8 Å². The predicted octanol–water partition coefficient (Wildman–Crippen LogP) is 2.41. The van der Waals surface area contributed by atoms with Gasteiger partial charge in [-0.25, -0.2) is 0 Å². The fourth-order valence-corrected chi connectivity index (χ4v) is 1.98. The van der Waals surface area contributed by atoms with Gasteiger partial charge in [0, 0.05) is 24.3 Å². The van der Waals surface area contributed by atoms with Crippen LogP contribution in [0.4, 0.5) is 11.7 Å². The lowest BCUT2D eigenvalue weighted by Gasteiger charge is -2.24. The number of hydrogen-bond acceptors (Lipinski definition) is 5. The van der Waals surface area contributed by atoms with E-state index in [1.165, 1.54) is 0 Å². The highest BCUT2D eigenvalue weighted by Crippen LogP contribution is 2.22. The minimum Gasteiger partial charge on any atom is -0.423 e. The molecule has 1 atom stereocenters. The number of aromatic nitrogens is 1. The highest BCUT2D eigenvalue weighted by atomic mass is 16.4. The van der Waals surface area contributed by atoms with Gasteiger partial charge in [-0.3, -0.25) is 0 Å². The van der Waals surface area contributed by atoms with E-state index in [2.05, 4.69) is 43.1 Å². The molecule has 0 saturated heterocycles. The molecule has 3 N–H and O–H groups in total. The summed E-state index contributed by atoms with van der Waals surface area (Å²) in [6, 6.07) is 6.34. The van der Waals surface area contributed by atoms with Crippen molar-refractivity contribution < 1.29 is 4.42 Å². The average Bonchev–Trinajstić information content (AvgIpc) is 2.68. The molecule has 0 aliphatic carbocycles. The summed E-state index contributed by atoms with van der Waals surface area (Å²) in [5.74, 6) is 0.488. The minimum atomic E-state index is 0.292. The monoisotopic (exact) mass is 262 g/mol. The smallest absolute Gasteiger partial charge is 0.295 e. The summed E-state index contributed by atoms with van der Waals surface area (Å²) < 4.78 is 5.69. The maximum Gasteiger partial charge on any atom is 0.295 e. The van der Waals surface area contributed by atoms with Gasteiger partial charge in [-0.2, -0.15) is 4.98 Å². The number of oxazole rings is 1. The lowest BCUT2D eigenvalue weighted by atomic mass is 10.0. The predicted molar refractivity (Wildman–Crippen MR) is 79.2 cm³/mol.